The number of nitrogens with zero attached hydrogens (tertiary/aromatic N) is 1. The second-order valence-electron chi connectivity index (χ2n) is 4.89. The molecule has 0 unspecified atom stereocenters. The second kappa shape index (κ2) is 4.41. The molecular formula is C12H15NO5S. The van der Waals surface area contributed by atoms with Crippen molar-refractivity contribution < 1.29 is 22.5 Å². The van der Waals surface area contributed by atoms with E-state index in [2.05, 4.69) is 5.16 Å². The molecule has 6 nitrogen and oxygen atoms in total. The maximum atomic E-state index is 11.1. The zero-order chi connectivity index (χ0) is 14.3. The zero-order valence-electron chi connectivity index (χ0n) is 10.9. The number of hydrogen-bond donors (Lipinski definition) is 1. The highest BCUT2D eigenvalue weighted by Crippen LogP contribution is 2.34. The summed E-state index contributed by atoms with van der Waals surface area (Å²) in [6, 6.07) is 4.74. The maximum absolute atomic E-state index is 11.1. The molecule has 1 N–H and O–H groups in total. The van der Waals surface area contributed by atoms with Gasteiger partial charge in [-0.25, -0.2) is 0 Å². The molecule has 1 aromatic rings. The fraction of sp³-hybridized carbons (Fsp3) is 0.417. The number of ether oxygens (including phenoxy) is 1. The third-order valence-electron chi connectivity index (χ3n) is 2.82. The molecule has 0 saturated carbocycles. The van der Waals surface area contributed by atoms with Crippen LogP contribution in [-0.2, 0) is 16.5 Å². The molecule has 0 amide bonds. The Labute approximate surface area is 111 Å². The summed E-state index contributed by atoms with van der Waals surface area (Å²) in [6.07, 6.45) is 1.35. The summed E-state index contributed by atoms with van der Waals surface area (Å²) < 4.78 is 32.7. The van der Waals surface area contributed by atoms with Gasteiger partial charge in [0.15, 0.2) is 0 Å². The van der Waals surface area contributed by atoms with E-state index in [1.54, 1.807) is 26.0 Å². The van der Waals surface area contributed by atoms with Gasteiger partial charge in [0.05, 0.1) is 6.26 Å². The van der Waals surface area contributed by atoms with Gasteiger partial charge < -0.3 is 14.1 Å². The average Bonchev–Trinajstić information content (AvgIpc) is 2.25. The van der Waals surface area contributed by atoms with Gasteiger partial charge in [-0.2, -0.15) is 8.42 Å². The molecule has 104 valence electrons. The highest BCUT2D eigenvalue weighted by Gasteiger charge is 2.34. The van der Waals surface area contributed by atoms with Crippen LogP contribution in [0, 0.1) is 0 Å². The molecule has 0 spiro atoms. The molecular weight excluding hydrogens is 270 g/mol. The van der Waals surface area contributed by atoms with Gasteiger partial charge in [0, 0.05) is 12.0 Å². The van der Waals surface area contributed by atoms with Gasteiger partial charge >= 0.3 is 10.1 Å². The Kier molecular flexibility index (Phi) is 3.17. The SMILES string of the molecule is CC1(C)Oc2ccc(OS(C)(=O)=O)cc2CC1=NO. The Morgan fingerprint density at radius 2 is 2.11 bits per heavy atom. The normalized spacial score (nSPS) is 19.6. The molecule has 1 aromatic carbocycles. The van der Waals surface area contributed by atoms with Gasteiger partial charge in [0.2, 0.25) is 0 Å². The molecule has 7 heteroatoms. The van der Waals surface area contributed by atoms with E-state index in [0.29, 0.717) is 23.4 Å². The highest BCUT2D eigenvalue weighted by atomic mass is 32.2. The van der Waals surface area contributed by atoms with Crippen LogP contribution in [0.4, 0.5) is 0 Å². The molecule has 0 atom stereocenters. The van der Waals surface area contributed by atoms with E-state index in [0.717, 1.165) is 6.26 Å². The van der Waals surface area contributed by atoms with Crippen molar-refractivity contribution in [3.05, 3.63) is 23.8 Å². The summed E-state index contributed by atoms with van der Waals surface area (Å²) in [7, 11) is -3.57. The van der Waals surface area contributed by atoms with Crippen molar-refractivity contribution in [3.8, 4) is 11.5 Å². The lowest BCUT2D eigenvalue weighted by molar-refractivity contribution is 0.163. The first-order valence-corrected chi connectivity index (χ1v) is 7.46. The van der Waals surface area contributed by atoms with E-state index in [9.17, 15) is 8.42 Å². The van der Waals surface area contributed by atoms with E-state index in [1.165, 1.54) is 6.07 Å². The predicted octanol–water partition coefficient (Wildman–Crippen LogP) is 1.57. The van der Waals surface area contributed by atoms with Crippen molar-refractivity contribution in [3.63, 3.8) is 0 Å². The predicted molar refractivity (Wildman–Crippen MR) is 69.5 cm³/mol. The number of benzene rings is 1. The number of fused-ring (bicyclic) bond motifs is 1. The minimum Gasteiger partial charge on any atom is -0.481 e. The van der Waals surface area contributed by atoms with Crippen LogP contribution in [0.2, 0.25) is 0 Å². The monoisotopic (exact) mass is 285 g/mol. The Morgan fingerprint density at radius 1 is 1.42 bits per heavy atom. The van der Waals surface area contributed by atoms with Crippen molar-refractivity contribution in [1.82, 2.24) is 0 Å². The van der Waals surface area contributed by atoms with Crippen molar-refractivity contribution >= 4 is 15.8 Å². The number of oxime groups is 1. The minimum absolute atomic E-state index is 0.210. The molecule has 2 rings (SSSR count). The molecule has 0 aliphatic carbocycles. The fourth-order valence-electron chi connectivity index (χ4n) is 1.90. The second-order valence-corrected chi connectivity index (χ2v) is 6.47. The summed E-state index contributed by atoms with van der Waals surface area (Å²) in [5, 5.41) is 12.2. The van der Waals surface area contributed by atoms with Crippen molar-refractivity contribution in [1.29, 1.82) is 0 Å². The van der Waals surface area contributed by atoms with Gasteiger partial charge in [-0.1, -0.05) is 5.16 Å². The summed E-state index contributed by atoms with van der Waals surface area (Å²) in [6.45, 7) is 3.60. The summed E-state index contributed by atoms with van der Waals surface area (Å²) in [5.41, 5.74) is 0.491. The Morgan fingerprint density at radius 3 is 2.68 bits per heavy atom. The van der Waals surface area contributed by atoms with E-state index in [-0.39, 0.29) is 5.75 Å². The molecule has 0 bridgehead atoms. The van der Waals surface area contributed by atoms with Crippen molar-refractivity contribution in [2.45, 2.75) is 25.9 Å². The molecule has 1 heterocycles. The van der Waals surface area contributed by atoms with Crippen LogP contribution in [0.1, 0.15) is 19.4 Å². The first-order valence-electron chi connectivity index (χ1n) is 5.64. The Balaban J connectivity index is 2.38. The largest absolute Gasteiger partial charge is 0.481 e. The van der Waals surface area contributed by atoms with Crippen LogP contribution in [0.15, 0.2) is 23.4 Å². The maximum Gasteiger partial charge on any atom is 0.306 e. The van der Waals surface area contributed by atoms with E-state index in [1.807, 2.05) is 0 Å². The van der Waals surface area contributed by atoms with E-state index >= 15 is 0 Å². The van der Waals surface area contributed by atoms with Crippen LogP contribution in [0.25, 0.3) is 0 Å². The van der Waals surface area contributed by atoms with Crippen LogP contribution in [0.3, 0.4) is 0 Å². The van der Waals surface area contributed by atoms with Gasteiger partial charge in [-0.3, -0.25) is 0 Å². The lowest BCUT2D eigenvalue weighted by Gasteiger charge is -2.33. The third-order valence-corrected chi connectivity index (χ3v) is 3.31. The molecule has 0 radical (unpaired) electrons. The number of rotatable bonds is 2. The average molecular weight is 285 g/mol. The third kappa shape index (κ3) is 2.98. The van der Waals surface area contributed by atoms with Crippen LogP contribution < -0.4 is 8.92 Å². The quantitative estimate of drug-likeness (QED) is 0.506. The molecule has 0 saturated heterocycles. The first kappa shape index (κ1) is 13.7. The minimum atomic E-state index is -3.57. The Hall–Kier alpha value is -1.76. The van der Waals surface area contributed by atoms with Gasteiger partial charge in [-0.05, 0) is 32.0 Å². The zero-order valence-corrected chi connectivity index (χ0v) is 11.7. The van der Waals surface area contributed by atoms with Crippen molar-refractivity contribution in [2.75, 3.05) is 6.26 Å². The first-order chi connectivity index (χ1) is 8.71. The molecule has 0 aromatic heterocycles. The standard InChI is InChI=1S/C12H15NO5S/c1-12(2)11(13-14)7-8-6-9(18-19(3,15)16)4-5-10(8)17-12/h4-6,14H,7H2,1-3H3. The van der Waals surface area contributed by atoms with Gasteiger partial charge in [0.1, 0.15) is 22.8 Å². The summed E-state index contributed by atoms with van der Waals surface area (Å²) in [4.78, 5) is 0. The van der Waals surface area contributed by atoms with Crippen molar-refractivity contribution in [2.24, 2.45) is 5.16 Å². The van der Waals surface area contributed by atoms with Gasteiger partial charge in [-0.15, -0.1) is 0 Å². The molecule has 0 fully saturated rings. The fourth-order valence-corrected chi connectivity index (χ4v) is 2.36. The molecule has 1 aliphatic rings. The number of hydrogen-bond acceptors (Lipinski definition) is 6. The molecule has 19 heavy (non-hydrogen) atoms. The van der Waals surface area contributed by atoms with Crippen LogP contribution >= 0.6 is 0 Å². The smallest absolute Gasteiger partial charge is 0.306 e. The van der Waals surface area contributed by atoms with E-state index < -0.39 is 15.7 Å². The Bertz CT molecular complexity index is 634. The van der Waals surface area contributed by atoms with Crippen LogP contribution in [0.5, 0.6) is 11.5 Å². The van der Waals surface area contributed by atoms with Gasteiger partial charge in [0.25, 0.3) is 0 Å². The van der Waals surface area contributed by atoms with Crippen LogP contribution in [-0.4, -0.2) is 31.2 Å². The molecule has 1 aliphatic heterocycles. The lowest BCUT2D eigenvalue weighted by Crippen LogP contribution is -2.42. The topological polar surface area (TPSA) is 85.2 Å². The lowest BCUT2D eigenvalue weighted by atomic mass is 9.92. The summed E-state index contributed by atoms with van der Waals surface area (Å²) in [5.74, 6) is 0.833. The highest BCUT2D eigenvalue weighted by molar-refractivity contribution is 7.86. The summed E-state index contributed by atoms with van der Waals surface area (Å²) >= 11 is 0. The van der Waals surface area contributed by atoms with E-state index in [4.69, 9.17) is 14.1 Å².